The lowest BCUT2D eigenvalue weighted by atomic mass is 9.93. The molecule has 0 amide bonds. The van der Waals surface area contributed by atoms with Crippen molar-refractivity contribution in [1.29, 1.82) is 0 Å². The Hall–Kier alpha value is -0.900. The van der Waals surface area contributed by atoms with E-state index in [1.807, 2.05) is 25.1 Å². The van der Waals surface area contributed by atoms with Gasteiger partial charge in [-0.25, -0.2) is 0 Å². The molecular formula is C13H20N2O. The van der Waals surface area contributed by atoms with Crippen LogP contribution in [0.4, 0.5) is 0 Å². The topological polar surface area (TPSA) is 49.5 Å². The average Bonchev–Trinajstić information content (AvgIpc) is 2.64. The van der Waals surface area contributed by atoms with Crippen molar-refractivity contribution in [2.24, 2.45) is 5.73 Å². The van der Waals surface area contributed by atoms with E-state index >= 15 is 0 Å². The number of likely N-dealkylation sites (tertiary alicyclic amines) is 1. The Balaban J connectivity index is 2.03. The fourth-order valence-electron chi connectivity index (χ4n) is 2.33. The van der Waals surface area contributed by atoms with Crippen molar-refractivity contribution in [3.05, 3.63) is 35.9 Å². The summed E-state index contributed by atoms with van der Waals surface area (Å²) in [5.41, 5.74) is 7.15. The Bertz CT molecular complexity index is 337. The first kappa shape index (κ1) is 11.6. The van der Waals surface area contributed by atoms with Crippen molar-refractivity contribution in [1.82, 2.24) is 4.90 Å². The largest absolute Gasteiger partial charge is 0.392 e. The Morgan fingerprint density at radius 3 is 2.69 bits per heavy atom. The minimum atomic E-state index is -0.342. The molecule has 0 aliphatic carbocycles. The Morgan fingerprint density at radius 1 is 1.44 bits per heavy atom. The fourth-order valence-corrected chi connectivity index (χ4v) is 2.33. The van der Waals surface area contributed by atoms with Gasteiger partial charge in [-0.15, -0.1) is 0 Å². The van der Waals surface area contributed by atoms with Gasteiger partial charge in [0, 0.05) is 19.6 Å². The molecule has 16 heavy (non-hydrogen) atoms. The van der Waals surface area contributed by atoms with Gasteiger partial charge in [-0.1, -0.05) is 30.3 Å². The zero-order valence-corrected chi connectivity index (χ0v) is 9.76. The van der Waals surface area contributed by atoms with E-state index in [2.05, 4.69) is 17.0 Å². The minimum absolute atomic E-state index is 0.174. The van der Waals surface area contributed by atoms with E-state index in [0.29, 0.717) is 0 Å². The zero-order valence-electron chi connectivity index (χ0n) is 9.76. The molecule has 1 aliphatic rings. The van der Waals surface area contributed by atoms with E-state index < -0.39 is 0 Å². The van der Waals surface area contributed by atoms with Crippen LogP contribution in [0.2, 0.25) is 0 Å². The van der Waals surface area contributed by atoms with Crippen LogP contribution in [0.25, 0.3) is 0 Å². The highest BCUT2D eigenvalue weighted by Crippen LogP contribution is 2.21. The van der Waals surface area contributed by atoms with E-state index in [0.717, 1.165) is 31.6 Å². The molecule has 3 N–H and O–H groups in total. The number of β-amino-alcohol motifs (C(OH)–C–C–N with tert-alkyl or cyclic N) is 1. The van der Waals surface area contributed by atoms with Crippen LogP contribution in [-0.2, 0) is 5.54 Å². The molecule has 0 aromatic heterocycles. The number of benzene rings is 1. The van der Waals surface area contributed by atoms with Crippen molar-refractivity contribution >= 4 is 0 Å². The number of aliphatic hydroxyl groups is 1. The van der Waals surface area contributed by atoms with Crippen molar-refractivity contribution in [2.45, 2.75) is 25.0 Å². The van der Waals surface area contributed by atoms with E-state index in [-0.39, 0.29) is 11.6 Å². The lowest BCUT2D eigenvalue weighted by molar-refractivity contribution is 0.167. The van der Waals surface area contributed by atoms with Crippen molar-refractivity contribution in [2.75, 3.05) is 19.6 Å². The number of rotatable bonds is 3. The van der Waals surface area contributed by atoms with Crippen LogP contribution in [0, 0.1) is 0 Å². The molecule has 1 saturated heterocycles. The van der Waals surface area contributed by atoms with E-state index in [4.69, 9.17) is 5.73 Å². The van der Waals surface area contributed by atoms with Gasteiger partial charge in [0.1, 0.15) is 0 Å². The minimum Gasteiger partial charge on any atom is -0.392 e. The van der Waals surface area contributed by atoms with Crippen LogP contribution in [0.5, 0.6) is 0 Å². The molecule has 1 aliphatic heterocycles. The zero-order chi connectivity index (χ0) is 11.6. The highest BCUT2D eigenvalue weighted by Gasteiger charge is 2.28. The lowest BCUT2D eigenvalue weighted by Crippen LogP contribution is -2.44. The van der Waals surface area contributed by atoms with Gasteiger partial charge in [0.15, 0.2) is 0 Å². The highest BCUT2D eigenvalue weighted by atomic mass is 16.3. The Morgan fingerprint density at radius 2 is 2.12 bits per heavy atom. The molecule has 0 unspecified atom stereocenters. The molecule has 3 nitrogen and oxygen atoms in total. The maximum atomic E-state index is 9.48. The maximum Gasteiger partial charge on any atom is 0.0679 e. The smallest absolute Gasteiger partial charge is 0.0679 e. The predicted octanol–water partition coefficient (Wildman–Crippen LogP) is 0.927. The summed E-state index contributed by atoms with van der Waals surface area (Å²) in [7, 11) is 0. The standard InChI is InChI=1S/C13H20N2O/c1-13(14,11-5-3-2-4-6-11)10-15-8-7-12(16)9-15/h2-6,12,16H,7-10,14H2,1H3/t12-,13+/m0/s1. The third-order valence-corrected chi connectivity index (χ3v) is 3.23. The number of hydrogen-bond acceptors (Lipinski definition) is 3. The monoisotopic (exact) mass is 220 g/mol. The van der Waals surface area contributed by atoms with E-state index in [9.17, 15) is 5.11 Å². The second kappa shape index (κ2) is 4.53. The van der Waals surface area contributed by atoms with Crippen LogP contribution in [0.15, 0.2) is 30.3 Å². The summed E-state index contributed by atoms with van der Waals surface area (Å²) >= 11 is 0. The third-order valence-electron chi connectivity index (χ3n) is 3.23. The van der Waals surface area contributed by atoms with Crippen LogP contribution >= 0.6 is 0 Å². The van der Waals surface area contributed by atoms with Crippen LogP contribution < -0.4 is 5.73 Å². The average molecular weight is 220 g/mol. The molecule has 0 bridgehead atoms. The summed E-state index contributed by atoms with van der Waals surface area (Å²) in [4.78, 5) is 2.23. The summed E-state index contributed by atoms with van der Waals surface area (Å²) in [5.74, 6) is 0. The fraction of sp³-hybridized carbons (Fsp3) is 0.538. The van der Waals surface area contributed by atoms with Crippen LogP contribution in [0.1, 0.15) is 18.9 Å². The molecular weight excluding hydrogens is 200 g/mol. The first-order valence-electron chi connectivity index (χ1n) is 5.83. The molecule has 0 radical (unpaired) electrons. The molecule has 1 fully saturated rings. The van der Waals surface area contributed by atoms with Crippen molar-refractivity contribution in [3.63, 3.8) is 0 Å². The van der Waals surface area contributed by atoms with Crippen molar-refractivity contribution < 1.29 is 5.11 Å². The molecule has 0 spiro atoms. The normalized spacial score (nSPS) is 25.6. The van der Waals surface area contributed by atoms with Gasteiger partial charge in [-0.3, -0.25) is 4.90 Å². The summed E-state index contributed by atoms with van der Waals surface area (Å²) in [5, 5.41) is 9.48. The van der Waals surface area contributed by atoms with Gasteiger partial charge < -0.3 is 10.8 Å². The quantitative estimate of drug-likeness (QED) is 0.796. The molecule has 1 heterocycles. The summed E-state index contributed by atoms with van der Waals surface area (Å²) in [6, 6.07) is 10.1. The highest BCUT2D eigenvalue weighted by molar-refractivity contribution is 5.23. The van der Waals surface area contributed by atoms with Gasteiger partial charge in [0.25, 0.3) is 0 Å². The molecule has 2 atom stereocenters. The van der Waals surface area contributed by atoms with Crippen molar-refractivity contribution in [3.8, 4) is 0 Å². The number of nitrogens with zero attached hydrogens (tertiary/aromatic N) is 1. The molecule has 88 valence electrons. The van der Waals surface area contributed by atoms with Crippen LogP contribution in [0.3, 0.4) is 0 Å². The Kier molecular flexibility index (Phi) is 3.28. The molecule has 3 heteroatoms. The maximum absolute atomic E-state index is 9.48. The first-order chi connectivity index (χ1) is 7.58. The van der Waals surface area contributed by atoms with Crippen LogP contribution in [-0.4, -0.2) is 35.7 Å². The molecule has 1 aromatic carbocycles. The van der Waals surface area contributed by atoms with Gasteiger partial charge in [0.05, 0.1) is 11.6 Å². The molecule has 2 rings (SSSR count). The predicted molar refractivity (Wildman–Crippen MR) is 65.0 cm³/mol. The number of aliphatic hydroxyl groups excluding tert-OH is 1. The second-order valence-electron chi connectivity index (χ2n) is 4.96. The van der Waals surface area contributed by atoms with Gasteiger partial charge in [0.2, 0.25) is 0 Å². The Labute approximate surface area is 96.9 Å². The third kappa shape index (κ3) is 2.61. The van der Waals surface area contributed by atoms with Gasteiger partial charge in [-0.05, 0) is 18.9 Å². The van der Waals surface area contributed by atoms with Gasteiger partial charge >= 0.3 is 0 Å². The molecule has 1 aromatic rings. The second-order valence-corrected chi connectivity index (χ2v) is 4.96. The lowest BCUT2D eigenvalue weighted by Gasteiger charge is -2.30. The summed E-state index contributed by atoms with van der Waals surface area (Å²) in [6.45, 7) is 4.54. The van der Waals surface area contributed by atoms with E-state index in [1.54, 1.807) is 0 Å². The molecule has 0 saturated carbocycles. The number of nitrogens with two attached hydrogens (primary N) is 1. The van der Waals surface area contributed by atoms with Gasteiger partial charge in [-0.2, -0.15) is 0 Å². The summed E-state index contributed by atoms with van der Waals surface area (Å²) < 4.78 is 0. The van der Waals surface area contributed by atoms with E-state index in [1.165, 1.54) is 0 Å². The summed E-state index contributed by atoms with van der Waals surface area (Å²) in [6.07, 6.45) is 0.691. The number of hydrogen-bond donors (Lipinski definition) is 2. The first-order valence-corrected chi connectivity index (χ1v) is 5.83. The SMILES string of the molecule is C[C@@](N)(CN1CC[C@H](O)C1)c1ccccc1.